The van der Waals surface area contributed by atoms with Crippen LogP contribution in [0.3, 0.4) is 0 Å². The molecule has 0 heterocycles. The van der Waals surface area contributed by atoms with Gasteiger partial charge in [-0.1, -0.05) is 12.2 Å². The maximum absolute atomic E-state index is 10.7. The molecular formula is C10H11NO4. The first-order valence-electron chi connectivity index (χ1n) is 4.78. The van der Waals surface area contributed by atoms with Crippen LogP contribution in [-0.4, -0.2) is 16.9 Å². The molecule has 0 N–H and O–H groups in total. The van der Waals surface area contributed by atoms with Gasteiger partial charge in [0, 0.05) is 24.2 Å². The Hall–Kier alpha value is -1.65. The molecule has 0 amide bonds. The van der Waals surface area contributed by atoms with Gasteiger partial charge < -0.3 is 4.74 Å². The number of hydrogen-bond donors (Lipinski definition) is 0. The Morgan fingerprint density at radius 1 is 1.67 bits per heavy atom. The molecule has 0 unspecified atom stereocenters. The first kappa shape index (κ1) is 9.89. The van der Waals surface area contributed by atoms with Crippen LogP contribution in [0.25, 0.3) is 0 Å². The normalized spacial score (nSPS) is 34.7. The van der Waals surface area contributed by atoms with Crippen LogP contribution in [-0.2, 0) is 9.53 Å². The number of carbonyl (C=O) groups excluding carboxylic acids is 1. The summed E-state index contributed by atoms with van der Waals surface area (Å²) in [5.74, 6) is -0.513. The number of fused-ring (bicyclic) bond motifs is 2. The molecular weight excluding hydrogens is 198 g/mol. The predicted octanol–water partition coefficient (Wildman–Crippen LogP) is 1.28. The summed E-state index contributed by atoms with van der Waals surface area (Å²) < 4.78 is 4.77. The van der Waals surface area contributed by atoms with Crippen LogP contribution in [0.5, 0.6) is 0 Å². The molecule has 0 aromatic heterocycles. The third-order valence-corrected chi connectivity index (χ3v) is 2.91. The number of nitrogens with zero attached hydrogens (tertiary/aromatic N) is 1. The molecule has 0 spiro atoms. The zero-order chi connectivity index (χ0) is 11.0. The van der Waals surface area contributed by atoms with Crippen molar-refractivity contribution in [1.29, 1.82) is 0 Å². The minimum Gasteiger partial charge on any atom is -0.435 e. The number of carbonyl (C=O) groups is 1. The summed E-state index contributed by atoms with van der Waals surface area (Å²) in [5, 5.41) is 10.7. The fourth-order valence-corrected chi connectivity index (χ4v) is 2.23. The first-order chi connectivity index (χ1) is 7.09. The lowest BCUT2D eigenvalue weighted by molar-refractivity contribution is -0.526. The van der Waals surface area contributed by atoms with Crippen LogP contribution in [0.1, 0.15) is 13.3 Å². The Kier molecular flexibility index (Phi) is 2.30. The maximum Gasteiger partial charge on any atom is 0.307 e. The third kappa shape index (κ3) is 1.65. The van der Waals surface area contributed by atoms with Crippen LogP contribution in [0.4, 0.5) is 0 Å². The van der Waals surface area contributed by atoms with Gasteiger partial charge in [-0.05, 0) is 5.57 Å². The van der Waals surface area contributed by atoms with E-state index >= 15 is 0 Å². The van der Waals surface area contributed by atoms with Crippen molar-refractivity contribution in [1.82, 2.24) is 0 Å². The highest BCUT2D eigenvalue weighted by Gasteiger charge is 2.47. The van der Waals surface area contributed by atoms with E-state index in [9.17, 15) is 14.9 Å². The zero-order valence-electron chi connectivity index (χ0n) is 8.25. The molecule has 0 aromatic rings. The molecule has 1 fully saturated rings. The second-order valence-corrected chi connectivity index (χ2v) is 3.83. The maximum atomic E-state index is 10.7. The van der Waals surface area contributed by atoms with Gasteiger partial charge in [-0.3, -0.25) is 14.9 Å². The Bertz CT molecular complexity index is 372. The summed E-state index contributed by atoms with van der Waals surface area (Å²) in [6, 6.07) is -0.554. The first-order valence-corrected chi connectivity index (χ1v) is 4.78. The van der Waals surface area contributed by atoms with Gasteiger partial charge in [0.05, 0.1) is 12.2 Å². The van der Waals surface area contributed by atoms with Gasteiger partial charge in [0.15, 0.2) is 0 Å². The average molecular weight is 209 g/mol. The molecule has 2 aliphatic rings. The monoisotopic (exact) mass is 209 g/mol. The summed E-state index contributed by atoms with van der Waals surface area (Å²) in [6.07, 6.45) is 5.67. The van der Waals surface area contributed by atoms with Gasteiger partial charge >= 0.3 is 5.97 Å². The standard InChI is InChI=1S/C10H11NO4/c1-6(12)15-5-9-7-2-3-8(9)10(4-7)11(13)14/h2-3,5,7-8,10H,4H2,1H3/t7-,8-,10+/m1/s1. The van der Waals surface area contributed by atoms with Crippen LogP contribution < -0.4 is 0 Å². The van der Waals surface area contributed by atoms with Gasteiger partial charge in [-0.15, -0.1) is 0 Å². The minimum atomic E-state index is -0.554. The van der Waals surface area contributed by atoms with Gasteiger partial charge in [-0.2, -0.15) is 0 Å². The van der Waals surface area contributed by atoms with Gasteiger partial charge in [-0.25, -0.2) is 0 Å². The van der Waals surface area contributed by atoms with E-state index in [0.29, 0.717) is 6.42 Å². The molecule has 2 rings (SSSR count). The van der Waals surface area contributed by atoms with Crippen LogP contribution in [0.15, 0.2) is 24.0 Å². The Morgan fingerprint density at radius 3 is 2.93 bits per heavy atom. The van der Waals surface area contributed by atoms with Crippen molar-refractivity contribution in [3.63, 3.8) is 0 Å². The van der Waals surface area contributed by atoms with Crippen molar-refractivity contribution in [3.8, 4) is 0 Å². The Labute approximate surface area is 86.6 Å². The molecule has 80 valence electrons. The van der Waals surface area contributed by atoms with Crippen molar-refractivity contribution >= 4 is 5.97 Å². The molecule has 15 heavy (non-hydrogen) atoms. The lowest BCUT2D eigenvalue weighted by atomic mass is 10.0. The third-order valence-electron chi connectivity index (χ3n) is 2.91. The van der Waals surface area contributed by atoms with Gasteiger partial charge in [0.25, 0.3) is 0 Å². The van der Waals surface area contributed by atoms with E-state index in [4.69, 9.17) is 4.74 Å². The number of ether oxygens (including phenoxy) is 1. The molecule has 2 aliphatic carbocycles. The van der Waals surface area contributed by atoms with Crippen LogP contribution >= 0.6 is 0 Å². The minimum absolute atomic E-state index is 0.0738. The second kappa shape index (κ2) is 3.49. The highest BCUT2D eigenvalue weighted by atomic mass is 16.6. The summed E-state index contributed by atoms with van der Waals surface area (Å²) in [4.78, 5) is 21.1. The largest absolute Gasteiger partial charge is 0.435 e. The highest BCUT2D eigenvalue weighted by molar-refractivity contribution is 5.66. The predicted molar refractivity (Wildman–Crippen MR) is 51.4 cm³/mol. The molecule has 0 aliphatic heterocycles. The van der Waals surface area contributed by atoms with Crippen molar-refractivity contribution in [2.75, 3.05) is 0 Å². The quantitative estimate of drug-likeness (QED) is 0.226. The molecule has 0 saturated heterocycles. The van der Waals surface area contributed by atoms with E-state index in [0.717, 1.165) is 5.57 Å². The molecule has 2 bridgehead atoms. The van der Waals surface area contributed by atoms with Crippen molar-refractivity contribution in [2.45, 2.75) is 19.4 Å². The lowest BCUT2D eigenvalue weighted by Crippen LogP contribution is -2.23. The van der Waals surface area contributed by atoms with Crippen molar-refractivity contribution in [2.24, 2.45) is 11.8 Å². The number of nitro groups is 1. The van der Waals surface area contributed by atoms with E-state index < -0.39 is 12.0 Å². The van der Waals surface area contributed by atoms with E-state index in [1.54, 1.807) is 0 Å². The van der Waals surface area contributed by atoms with Gasteiger partial charge in [0.1, 0.15) is 0 Å². The number of rotatable bonds is 2. The molecule has 1 saturated carbocycles. The van der Waals surface area contributed by atoms with E-state index in [2.05, 4.69) is 0 Å². The van der Waals surface area contributed by atoms with E-state index in [1.165, 1.54) is 13.2 Å². The smallest absolute Gasteiger partial charge is 0.307 e. The lowest BCUT2D eigenvalue weighted by Gasteiger charge is -2.08. The molecule has 0 radical (unpaired) electrons. The SMILES string of the molecule is CC(=O)OC=C1[C@@H]2C=C[C@H]1[C@@H]([N+](=O)[O-])C2. The summed E-state index contributed by atoms with van der Waals surface area (Å²) in [7, 11) is 0. The topological polar surface area (TPSA) is 69.4 Å². The van der Waals surface area contributed by atoms with Crippen molar-refractivity contribution in [3.05, 3.63) is 34.1 Å². The second-order valence-electron chi connectivity index (χ2n) is 3.83. The summed E-state index contributed by atoms with van der Waals surface area (Å²) in [5.41, 5.74) is 0.854. The van der Waals surface area contributed by atoms with E-state index in [1.807, 2.05) is 12.2 Å². The highest BCUT2D eigenvalue weighted by Crippen LogP contribution is 2.45. The fourth-order valence-electron chi connectivity index (χ4n) is 2.23. The Balaban J connectivity index is 2.15. The number of allylic oxidation sites excluding steroid dienone is 1. The van der Waals surface area contributed by atoms with Crippen LogP contribution in [0.2, 0.25) is 0 Å². The van der Waals surface area contributed by atoms with Gasteiger partial charge in [0.2, 0.25) is 6.04 Å². The summed E-state index contributed by atoms with van der Waals surface area (Å²) in [6.45, 7) is 1.31. The summed E-state index contributed by atoms with van der Waals surface area (Å²) >= 11 is 0. The number of esters is 1. The average Bonchev–Trinajstić information content (AvgIpc) is 2.70. The fraction of sp³-hybridized carbons (Fsp3) is 0.500. The number of hydrogen-bond acceptors (Lipinski definition) is 4. The van der Waals surface area contributed by atoms with Crippen LogP contribution in [0, 0.1) is 22.0 Å². The zero-order valence-corrected chi connectivity index (χ0v) is 8.25. The molecule has 3 atom stereocenters. The van der Waals surface area contributed by atoms with Crippen molar-refractivity contribution < 1.29 is 14.5 Å². The molecule has 5 heteroatoms. The van der Waals surface area contributed by atoms with E-state index in [-0.39, 0.29) is 16.8 Å². The Morgan fingerprint density at radius 2 is 2.40 bits per heavy atom. The molecule has 0 aromatic carbocycles. The molecule has 5 nitrogen and oxygen atoms in total.